The highest BCUT2D eigenvalue weighted by Gasteiger charge is 2.19. The molecular formula is C19H22N4O2. The minimum atomic E-state index is -0.266. The van der Waals surface area contributed by atoms with Gasteiger partial charge in [0.15, 0.2) is 0 Å². The van der Waals surface area contributed by atoms with E-state index < -0.39 is 0 Å². The van der Waals surface area contributed by atoms with E-state index in [9.17, 15) is 9.59 Å². The molecule has 130 valence electrons. The molecule has 4 rings (SSSR count). The van der Waals surface area contributed by atoms with E-state index in [-0.39, 0.29) is 16.9 Å². The highest BCUT2D eigenvalue weighted by Crippen LogP contribution is 2.25. The van der Waals surface area contributed by atoms with Crippen LogP contribution in [0.2, 0.25) is 0 Å². The molecule has 1 saturated carbocycles. The molecule has 1 aliphatic rings. The molecule has 2 heterocycles. The quantitative estimate of drug-likeness (QED) is 0.734. The van der Waals surface area contributed by atoms with Crippen molar-refractivity contribution in [1.82, 2.24) is 18.7 Å². The van der Waals surface area contributed by atoms with E-state index in [0.717, 1.165) is 30.5 Å². The molecule has 3 aromatic rings. The summed E-state index contributed by atoms with van der Waals surface area (Å²) in [5.41, 5.74) is 1.65. The molecule has 1 fully saturated rings. The summed E-state index contributed by atoms with van der Waals surface area (Å²) in [5, 5.41) is 4.34. The highest BCUT2D eigenvalue weighted by molar-refractivity contribution is 5.41. The first-order valence-electron chi connectivity index (χ1n) is 8.97. The molecule has 0 aliphatic heterocycles. The van der Waals surface area contributed by atoms with E-state index in [0.29, 0.717) is 12.5 Å². The molecule has 25 heavy (non-hydrogen) atoms. The summed E-state index contributed by atoms with van der Waals surface area (Å²) >= 11 is 0. The van der Waals surface area contributed by atoms with Crippen molar-refractivity contribution in [2.24, 2.45) is 5.92 Å². The van der Waals surface area contributed by atoms with Gasteiger partial charge in [-0.2, -0.15) is 0 Å². The third kappa shape index (κ3) is 2.81. The number of aromatic nitrogens is 4. The predicted molar refractivity (Wildman–Crippen MR) is 96.4 cm³/mol. The van der Waals surface area contributed by atoms with Gasteiger partial charge >= 0.3 is 11.2 Å². The van der Waals surface area contributed by atoms with Gasteiger partial charge in [-0.15, -0.1) is 5.10 Å². The van der Waals surface area contributed by atoms with Crippen molar-refractivity contribution in [3.05, 3.63) is 63.1 Å². The van der Waals surface area contributed by atoms with Gasteiger partial charge in [0.25, 0.3) is 0 Å². The van der Waals surface area contributed by atoms with Crippen molar-refractivity contribution in [1.29, 1.82) is 0 Å². The van der Waals surface area contributed by atoms with Gasteiger partial charge in [-0.25, -0.2) is 13.9 Å². The molecule has 0 unspecified atom stereocenters. The van der Waals surface area contributed by atoms with Crippen LogP contribution in [-0.4, -0.2) is 18.7 Å². The fourth-order valence-electron chi connectivity index (χ4n) is 3.70. The van der Waals surface area contributed by atoms with Gasteiger partial charge in [-0.3, -0.25) is 9.36 Å². The normalized spacial score (nSPS) is 15.2. The third-order valence-electron chi connectivity index (χ3n) is 5.15. The van der Waals surface area contributed by atoms with Crippen LogP contribution < -0.4 is 11.2 Å². The Labute approximate surface area is 145 Å². The second kappa shape index (κ2) is 6.35. The molecule has 6 nitrogen and oxygen atoms in total. The Hall–Kier alpha value is -2.63. The molecule has 2 aromatic heterocycles. The van der Waals surface area contributed by atoms with Crippen molar-refractivity contribution in [2.75, 3.05) is 0 Å². The predicted octanol–water partition coefficient (Wildman–Crippen LogP) is 2.40. The third-order valence-corrected chi connectivity index (χ3v) is 5.15. The van der Waals surface area contributed by atoms with Gasteiger partial charge < -0.3 is 0 Å². The summed E-state index contributed by atoms with van der Waals surface area (Å²) in [6.07, 6.45) is 8.88. The van der Waals surface area contributed by atoms with Crippen molar-refractivity contribution in [3.8, 4) is 5.69 Å². The van der Waals surface area contributed by atoms with E-state index in [1.165, 1.54) is 21.9 Å². The fourth-order valence-corrected chi connectivity index (χ4v) is 3.70. The van der Waals surface area contributed by atoms with Crippen molar-refractivity contribution < 1.29 is 0 Å². The summed E-state index contributed by atoms with van der Waals surface area (Å²) < 4.78 is 4.37. The van der Waals surface area contributed by atoms with Crippen LogP contribution in [0, 0.1) is 5.92 Å². The van der Waals surface area contributed by atoms with E-state index in [4.69, 9.17) is 0 Å². The molecule has 1 aliphatic carbocycles. The average Bonchev–Trinajstić information content (AvgIpc) is 3.25. The Balaban J connectivity index is 1.79. The zero-order chi connectivity index (χ0) is 17.4. The molecule has 0 saturated heterocycles. The standard InChI is InChI=1S/C19H22N4O2/c1-2-14-8-5-9-16(12-14)21-10-11-22-17(18(21)24)20-23(19(22)25)13-15-6-3-4-7-15/h5,8-12,15H,2-4,6-7,13H2,1H3. The number of rotatable bonds is 4. The van der Waals surface area contributed by atoms with Crippen molar-refractivity contribution >= 4 is 5.65 Å². The van der Waals surface area contributed by atoms with Crippen LogP contribution in [0.25, 0.3) is 11.3 Å². The molecule has 0 N–H and O–H groups in total. The van der Waals surface area contributed by atoms with Gasteiger partial charge in [-0.05, 0) is 42.9 Å². The molecule has 0 radical (unpaired) electrons. The van der Waals surface area contributed by atoms with Crippen molar-refractivity contribution in [2.45, 2.75) is 45.6 Å². The lowest BCUT2D eigenvalue weighted by Gasteiger charge is -2.07. The maximum absolute atomic E-state index is 12.9. The van der Waals surface area contributed by atoms with Crippen LogP contribution in [0.5, 0.6) is 0 Å². The van der Waals surface area contributed by atoms with Crippen LogP contribution in [-0.2, 0) is 13.0 Å². The fraction of sp³-hybridized carbons (Fsp3) is 0.421. The van der Waals surface area contributed by atoms with Crippen LogP contribution in [0.3, 0.4) is 0 Å². The monoisotopic (exact) mass is 338 g/mol. The Kier molecular flexibility index (Phi) is 4.03. The summed E-state index contributed by atoms with van der Waals surface area (Å²) in [4.78, 5) is 25.4. The van der Waals surface area contributed by atoms with E-state index in [1.54, 1.807) is 17.0 Å². The number of hydrogen-bond donors (Lipinski definition) is 0. The summed E-state index contributed by atoms with van der Waals surface area (Å²) in [6.45, 7) is 2.68. The minimum absolute atomic E-state index is 0.187. The number of benzene rings is 1. The first-order chi connectivity index (χ1) is 12.2. The molecule has 6 heteroatoms. The van der Waals surface area contributed by atoms with E-state index >= 15 is 0 Å². The lowest BCUT2D eigenvalue weighted by molar-refractivity contribution is 0.420. The minimum Gasteiger partial charge on any atom is -0.280 e. The molecule has 0 atom stereocenters. The summed E-state index contributed by atoms with van der Waals surface area (Å²) in [6, 6.07) is 7.86. The van der Waals surface area contributed by atoms with Crippen molar-refractivity contribution in [3.63, 3.8) is 0 Å². The molecule has 0 spiro atoms. The Morgan fingerprint density at radius 2 is 1.96 bits per heavy atom. The van der Waals surface area contributed by atoms with E-state index in [1.807, 2.05) is 24.3 Å². The van der Waals surface area contributed by atoms with Gasteiger partial charge in [0.05, 0.1) is 0 Å². The maximum Gasteiger partial charge on any atom is 0.350 e. The lowest BCUT2D eigenvalue weighted by atomic mass is 10.1. The first-order valence-corrected chi connectivity index (χ1v) is 8.97. The van der Waals surface area contributed by atoms with Crippen LogP contribution >= 0.6 is 0 Å². The number of nitrogens with zero attached hydrogens (tertiary/aromatic N) is 4. The number of fused-ring (bicyclic) bond motifs is 1. The first kappa shape index (κ1) is 15.9. The van der Waals surface area contributed by atoms with Crippen LogP contribution in [0.15, 0.2) is 46.2 Å². The summed E-state index contributed by atoms with van der Waals surface area (Å²) in [7, 11) is 0. The smallest absolute Gasteiger partial charge is 0.280 e. The average molecular weight is 338 g/mol. The zero-order valence-corrected chi connectivity index (χ0v) is 14.4. The SMILES string of the molecule is CCc1cccc(-n2ccn3c(=O)n(CC4CCCC4)nc3c2=O)c1. The van der Waals surface area contributed by atoms with Gasteiger partial charge in [-0.1, -0.05) is 31.9 Å². The Bertz CT molecular complexity index is 1020. The zero-order valence-electron chi connectivity index (χ0n) is 14.4. The number of hydrogen-bond acceptors (Lipinski definition) is 3. The van der Waals surface area contributed by atoms with Crippen LogP contribution in [0.1, 0.15) is 38.2 Å². The van der Waals surface area contributed by atoms with Gasteiger partial charge in [0.1, 0.15) is 0 Å². The topological polar surface area (TPSA) is 61.3 Å². The number of aryl methyl sites for hydroxylation is 1. The molecular weight excluding hydrogens is 316 g/mol. The Morgan fingerprint density at radius 3 is 2.72 bits per heavy atom. The lowest BCUT2D eigenvalue weighted by Crippen LogP contribution is -2.25. The van der Waals surface area contributed by atoms with E-state index in [2.05, 4.69) is 12.0 Å². The summed E-state index contributed by atoms with van der Waals surface area (Å²) in [5.74, 6) is 0.492. The van der Waals surface area contributed by atoms with Gasteiger partial charge in [0, 0.05) is 24.6 Å². The largest absolute Gasteiger partial charge is 0.350 e. The Morgan fingerprint density at radius 1 is 1.16 bits per heavy atom. The second-order valence-corrected chi connectivity index (χ2v) is 6.81. The molecule has 0 amide bonds. The van der Waals surface area contributed by atoms with Crippen LogP contribution in [0.4, 0.5) is 0 Å². The van der Waals surface area contributed by atoms with Gasteiger partial charge in [0.2, 0.25) is 5.65 Å². The molecule has 0 bridgehead atoms. The molecule has 1 aromatic carbocycles. The highest BCUT2D eigenvalue weighted by atomic mass is 16.2. The maximum atomic E-state index is 12.9. The second-order valence-electron chi connectivity index (χ2n) is 6.81.